The lowest BCUT2D eigenvalue weighted by Gasteiger charge is -2.20. The number of hydrogen-bond donors (Lipinski definition) is 1. The molecule has 2 atom stereocenters. The maximum Gasteiger partial charge on any atom is 0.0233 e. The van der Waals surface area contributed by atoms with Gasteiger partial charge >= 0.3 is 0 Å². The smallest absolute Gasteiger partial charge is 0.0233 e. The van der Waals surface area contributed by atoms with E-state index in [1.807, 2.05) is 0 Å². The summed E-state index contributed by atoms with van der Waals surface area (Å²) in [5.41, 5.74) is 1.43. The Morgan fingerprint density at radius 1 is 1.38 bits per heavy atom. The van der Waals surface area contributed by atoms with Crippen LogP contribution in [-0.2, 0) is 6.54 Å². The van der Waals surface area contributed by atoms with Gasteiger partial charge in [-0.1, -0.05) is 30.3 Å². The van der Waals surface area contributed by atoms with Gasteiger partial charge in [0, 0.05) is 19.1 Å². The van der Waals surface area contributed by atoms with Crippen LogP contribution in [-0.4, -0.2) is 31.1 Å². The van der Waals surface area contributed by atoms with Crippen molar-refractivity contribution < 1.29 is 0 Å². The molecule has 0 aromatic heterocycles. The molecule has 2 rings (SSSR count). The standard InChI is InChI=1S/C14H22N2/c1-12(15-2)14-8-9-16(11-14)10-13-6-4-3-5-7-13/h3-7,12,14-15H,8-11H2,1-2H3/t12-,14+/m1/s1. The van der Waals surface area contributed by atoms with E-state index in [2.05, 4.69) is 54.5 Å². The molecule has 16 heavy (non-hydrogen) atoms. The lowest BCUT2D eigenvalue weighted by Crippen LogP contribution is -2.32. The fourth-order valence-corrected chi connectivity index (χ4v) is 2.49. The van der Waals surface area contributed by atoms with Gasteiger partial charge in [0.1, 0.15) is 0 Å². The molecular formula is C14H22N2. The highest BCUT2D eigenvalue weighted by atomic mass is 15.1. The summed E-state index contributed by atoms with van der Waals surface area (Å²) in [6.45, 7) is 5.87. The number of nitrogens with one attached hydrogen (secondary N) is 1. The predicted molar refractivity (Wildman–Crippen MR) is 68.3 cm³/mol. The molecule has 0 spiro atoms. The van der Waals surface area contributed by atoms with Crippen molar-refractivity contribution in [1.29, 1.82) is 0 Å². The summed E-state index contributed by atoms with van der Waals surface area (Å²) in [5, 5.41) is 3.36. The van der Waals surface area contributed by atoms with Crippen molar-refractivity contribution in [3.63, 3.8) is 0 Å². The fourth-order valence-electron chi connectivity index (χ4n) is 2.49. The summed E-state index contributed by atoms with van der Waals surface area (Å²) in [6.07, 6.45) is 1.33. The molecule has 1 aliphatic heterocycles. The molecule has 1 aromatic carbocycles. The van der Waals surface area contributed by atoms with Gasteiger partial charge in [-0.3, -0.25) is 4.90 Å². The van der Waals surface area contributed by atoms with Gasteiger partial charge in [-0.05, 0) is 38.4 Å². The molecule has 1 aliphatic rings. The van der Waals surface area contributed by atoms with Crippen LogP contribution in [0.1, 0.15) is 18.9 Å². The van der Waals surface area contributed by atoms with Crippen LogP contribution in [0.3, 0.4) is 0 Å². The first kappa shape index (κ1) is 11.6. The zero-order valence-electron chi connectivity index (χ0n) is 10.3. The Morgan fingerprint density at radius 3 is 2.81 bits per heavy atom. The van der Waals surface area contributed by atoms with Crippen LogP contribution in [0.25, 0.3) is 0 Å². The lowest BCUT2D eigenvalue weighted by atomic mass is 10.0. The minimum absolute atomic E-state index is 0.640. The van der Waals surface area contributed by atoms with Crippen LogP contribution in [0.5, 0.6) is 0 Å². The van der Waals surface area contributed by atoms with Gasteiger partial charge in [0.25, 0.3) is 0 Å². The second-order valence-electron chi connectivity index (χ2n) is 4.85. The highest BCUT2D eigenvalue weighted by molar-refractivity contribution is 5.14. The molecule has 2 heteroatoms. The van der Waals surface area contributed by atoms with Crippen molar-refractivity contribution in [2.75, 3.05) is 20.1 Å². The van der Waals surface area contributed by atoms with E-state index in [1.165, 1.54) is 25.1 Å². The van der Waals surface area contributed by atoms with E-state index in [1.54, 1.807) is 0 Å². The molecule has 0 radical (unpaired) electrons. The highest BCUT2D eigenvalue weighted by Gasteiger charge is 2.25. The summed E-state index contributed by atoms with van der Waals surface area (Å²) < 4.78 is 0. The van der Waals surface area contributed by atoms with Gasteiger partial charge in [-0.15, -0.1) is 0 Å². The predicted octanol–water partition coefficient (Wildman–Crippen LogP) is 2.12. The van der Waals surface area contributed by atoms with Crippen molar-refractivity contribution in [2.45, 2.75) is 25.9 Å². The summed E-state index contributed by atoms with van der Waals surface area (Å²) in [5.74, 6) is 0.814. The number of nitrogens with zero attached hydrogens (tertiary/aromatic N) is 1. The number of likely N-dealkylation sites (tertiary alicyclic amines) is 1. The molecule has 0 amide bonds. The van der Waals surface area contributed by atoms with Crippen LogP contribution in [0.15, 0.2) is 30.3 Å². The Bertz CT molecular complexity index is 310. The number of benzene rings is 1. The van der Waals surface area contributed by atoms with Crippen molar-refractivity contribution >= 4 is 0 Å². The molecule has 1 aromatic rings. The minimum atomic E-state index is 0.640. The Balaban J connectivity index is 1.85. The Kier molecular flexibility index (Phi) is 3.97. The largest absolute Gasteiger partial charge is 0.317 e. The van der Waals surface area contributed by atoms with E-state index in [9.17, 15) is 0 Å². The average Bonchev–Trinajstić information content (AvgIpc) is 2.78. The van der Waals surface area contributed by atoms with E-state index in [-0.39, 0.29) is 0 Å². The van der Waals surface area contributed by atoms with Crippen molar-refractivity contribution in [1.82, 2.24) is 10.2 Å². The first-order valence-electron chi connectivity index (χ1n) is 6.23. The summed E-state index contributed by atoms with van der Waals surface area (Å²) >= 11 is 0. The SMILES string of the molecule is CN[C@H](C)[C@H]1CCN(Cc2ccccc2)C1. The normalized spacial score (nSPS) is 23.5. The molecule has 88 valence electrons. The summed E-state index contributed by atoms with van der Waals surface area (Å²) in [6, 6.07) is 11.4. The first-order chi connectivity index (χ1) is 7.79. The van der Waals surface area contributed by atoms with Crippen LogP contribution < -0.4 is 5.32 Å². The summed E-state index contributed by atoms with van der Waals surface area (Å²) in [4.78, 5) is 2.56. The van der Waals surface area contributed by atoms with Crippen LogP contribution in [0, 0.1) is 5.92 Å². The molecule has 0 saturated carbocycles. The monoisotopic (exact) mass is 218 g/mol. The average molecular weight is 218 g/mol. The second kappa shape index (κ2) is 5.46. The van der Waals surface area contributed by atoms with E-state index in [0.29, 0.717) is 6.04 Å². The first-order valence-corrected chi connectivity index (χ1v) is 6.23. The maximum atomic E-state index is 3.36. The molecule has 0 bridgehead atoms. The molecule has 0 unspecified atom stereocenters. The highest BCUT2D eigenvalue weighted by Crippen LogP contribution is 2.21. The maximum absolute atomic E-state index is 3.36. The van der Waals surface area contributed by atoms with Gasteiger partial charge in [-0.25, -0.2) is 0 Å². The fraction of sp³-hybridized carbons (Fsp3) is 0.571. The lowest BCUT2D eigenvalue weighted by molar-refractivity contribution is 0.301. The van der Waals surface area contributed by atoms with Crippen molar-refractivity contribution in [3.8, 4) is 0 Å². The Morgan fingerprint density at radius 2 is 2.12 bits per heavy atom. The molecule has 1 N–H and O–H groups in total. The van der Waals surface area contributed by atoms with Crippen molar-refractivity contribution in [3.05, 3.63) is 35.9 Å². The third kappa shape index (κ3) is 2.83. The van der Waals surface area contributed by atoms with Gasteiger partial charge in [0.05, 0.1) is 0 Å². The van der Waals surface area contributed by atoms with Gasteiger partial charge < -0.3 is 5.32 Å². The molecule has 2 nitrogen and oxygen atoms in total. The van der Waals surface area contributed by atoms with Gasteiger partial charge in [0.2, 0.25) is 0 Å². The van der Waals surface area contributed by atoms with Crippen LogP contribution in [0.4, 0.5) is 0 Å². The van der Waals surface area contributed by atoms with E-state index >= 15 is 0 Å². The van der Waals surface area contributed by atoms with Crippen LogP contribution >= 0.6 is 0 Å². The quantitative estimate of drug-likeness (QED) is 0.832. The molecular weight excluding hydrogens is 196 g/mol. The van der Waals surface area contributed by atoms with E-state index in [0.717, 1.165) is 12.5 Å². The van der Waals surface area contributed by atoms with Gasteiger partial charge in [-0.2, -0.15) is 0 Å². The number of hydrogen-bond acceptors (Lipinski definition) is 2. The second-order valence-corrected chi connectivity index (χ2v) is 4.85. The minimum Gasteiger partial charge on any atom is -0.317 e. The third-order valence-electron chi connectivity index (χ3n) is 3.72. The number of rotatable bonds is 4. The topological polar surface area (TPSA) is 15.3 Å². The molecule has 1 heterocycles. The molecule has 0 aliphatic carbocycles. The Hall–Kier alpha value is -0.860. The van der Waals surface area contributed by atoms with Crippen LogP contribution in [0.2, 0.25) is 0 Å². The molecule has 1 saturated heterocycles. The van der Waals surface area contributed by atoms with E-state index < -0.39 is 0 Å². The third-order valence-corrected chi connectivity index (χ3v) is 3.72. The molecule has 1 fully saturated rings. The summed E-state index contributed by atoms with van der Waals surface area (Å²) in [7, 11) is 2.06. The zero-order valence-corrected chi connectivity index (χ0v) is 10.3. The van der Waals surface area contributed by atoms with Gasteiger partial charge in [0.15, 0.2) is 0 Å². The Labute approximate surface area is 98.7 Å². The van der Waals surface area contributed by atoms with Crippen molar-refractivity contribution in [2.24, 2.45) is 5.92 Å². The van der Waals surface area contributed by atoms with E-state index in [4.69, 9.17) is 0 Å². The zero-order chi connectivity index (χ0) is 11.4.